The first-order chi connectivity index (χ1) is 7.70. The summed E-state index contributed by atoms with van der Waals surface area (Å²) in [4.78, 5) is 32.0. The fourth-order valence-electron chi connectivity index (χ4n) is 0.978. The Hall–Kier alpha value is -1.65. The van der Waals surface area contributed by atoms with E-state index in [0.29, 0.717) is 12.8 Å². The summed E-state index contributed by atoms with van der Waals surface area (Å²) in [5.74, 6) is -0.443. The molecule has 0 spiro atoms. The summed E-state index contributed by atoms with van der Waals surface area (Å²) < 4.78 is 0. The molecule has 0 aromatic rings. The minimum absolute atomic E-state index is 0.0758. The van der Waals surface area contributed by atoms with Gasteiger partial charge in [0.05, 0.1) is 0 Å². The molecule has 0 heterocycles. The van der Waals surface area contributed by atoms with Crippen LogP contribution in [0, 0.1) is 0 Å². The van der Waals surface area contributed by atoms with Crippen molar-refractivity contribution in [1.29, 1.82) is 0 Å². The van der Waals surface area contributed by atoms with Gasteiger partial charge in [-0.25, -0.2) is 0 Å². The number of amides is 2. The molecule has 5 heteroatoms. The second-order valence-electron chi connectivity index (χ2n) is 3.24. The molecule has 0 saturated heterocycles. The van der Waals surface area contributed by atoms with E-state index in [-0.39, 0.29) is 24.8 Å². The standard InChI is InChI=1S/C11H18N2O3/c1-2-3-7-12-11(16)6-8-13-10(15)5-4-9-14/h4-5,9H,2-3,6-8H2,1H3,(H,12,16)(H,13,15)/b5-4-. The van der Waals surface area contributed by atoms with E-state index in [2.05, 4.69) is 10.6 Å². The summed E-state index contributed by atoms with van der Waals surface area (Å²) in [6.45, 7) is 3.00. The van der Waals surface area contributed by atoms with Crippen LogP contribution in [0.25, 0.3) is 0 Å². The number of allylic oxidation sites excluding steroid dienone is 1. The van der Waals surface area contributed by atoms with E-state index in [0.717, 1.165) is 25.0 Å². The number of unbranched alkanes of at least 4 members (excludes halogenated alkanes) is 1. The lowest BCUT2D eigenvalue weighted by atomic mass is 10.3. The first kappa shape index (κ1) is 14.3. The maximum atomic E-state index is 11.2. The molecule has 0 atom stereocenters. The molecule has 0 radical (unpaired) electrons. The van der Waals surface area contributed by atoms with Gasteiger partial charge in [0.2, 0.25) is 11.8 Å². The van der Waals surface area contributed by atoms with Crippen LogP contribution in [0.3, 0.4) is 0 Å². The highest BCUT2D eigenvalue weighted by molar-refractivity contribution is 5.91. The number of hydrogen-bond acceptors (Lipinski definition) is 3. The Balaban J connectivity index is 3.50. The molecule has 0 aliphatic carbocycles. The van der Waals surface area contributed by atoms with Gasteiger partial charge in [-0.2, -0.15) is 0 Å². The fourth-order valence-corrected chi connectivity index (χ4v) is 0.978. The summed E-state index contributed by atoms with van der Waals surface area (Å²) in [6, 6.07) is 0. The van der Waals surface area contributed by atoms with E-state index in [4.69, 9.17) is 0 Å². The van der Waals surface area contributed by atoms with Crippen molar-refractivity contribution >= 4 is 18.1 Å². The molecule has 90 valence electrons. The summed E-state index contributed by atoms with van der Waals surface area (Å²) in [5, 5.41) is 5.23. The Bertz CT molecular complexity index is 262. The van der Waals surface area contributed by atoms with Crippen LogP contribution in [0.5, 0.6) is 0 Å². The number of nitrogens with one attached hydrogen (secondary N) is 2. The first-order valence-corrected chi connectivity index (χ1v) is 5.37. The molecule has 0 rings (SSSR count). The Kier molecular flexibility index (Phi) is 8.87. The molecule has 5 nitrogen and oxygen atoms in total. The third kappa shape index (κ3) is 8.93. The Labute approximate surface area is 95.3 Å². The van der Waals surface area contributed by atoms with Gasteiger partial charge in [-0.15, -0.1) is 0 Å². The van der Waals surface area contributed by atoms with Gasteiger partial charge in [-0.3, -0.25) is 14.4 Å². The number of carbonyl (C=O) groups excluding carboxylic acids is 3. The molecule has 2 amide bonds. The molecule has 0 saturated carbocycles. The minimum atomic E-state index is -0.367. The molecular formula is C11H18N2O3. The lowest BCUT2D eigenvalue weighted by Crippen LogP contribution is -2.30. The van der Waals surface area contributed by atoms with Crippen molar-refractivity contribution in [1.82, 2.24) is 10.6 Å². The van der Waals surface area contributed by atoms with Crippen LogP contribution in [0.1, 0.15) is 26.2 Å². The van der Waals surface area contributed by atoms with Crippen LogP contribution in [-0.2, 0) is 14.4 Å². The van der Waals surface area contributed by atoms with Crippen LogP contribution >= 0.6 is 0 Å². The van der Waals surface area contributed by atoms with Crippen molar-refractivity contribution in [2.75, 3.05) is 13.1 Å². The second-order valence-corrected chi connectivity index (χ2v) is 3.24. The average molecular weight is 226 g/mol. The largest absolute Gasteiger partial charge is 0.356 e. The quantitative estimate of drug-likeness (QED) is 0.352. The van der Waals surface area contributed by atoms with Crippen LogP contribution in [0.15, 0.2) is 12.2 Å². The maximum Gasteiger partial charge on any atom is 0.244 e. The Morgan fingerprint density at radius 1 is 1.19 bits per heavy atom. The van der Waals surface area contributed by atoms with Crippen LogP contribution in [-0.4, -0.2) is 31.2 Å². The predicted octanol–water partition coefficient (Wildman–Crippen LogP) is 0.164. The number of hydrogen-bond donors (Lipinski definition) is 2. The lowest BCUT2D eigenvalue weighted by Gasteiger charge is -2.04. The van der Waals surface area contributed by atoms with Gasteiger partial charge < -0.3 is 10.6 Å². The normalized spacial score (nSPS) is 10.1. The molecule has 0 aromatic heterocycles. The third-order valence-corrected chi connectivity index (χ3v) is 1.83. The highest BCUT2D eigenvalue weighted by atomic mass is 16.2. The van der Waals surface area contributed by atoms with Gasteiger partial charge in [-0.05, 0) is 12.5 Å². The van der Waals surface area contributed by atoms with Gasteiger partial charge in [0.25, 0.3) is 0 Å². The zero-order valence-electron chi connectivity index (χ0n) is 9.49. The van der Waals surface area contributed by atoms with Crippen molar-refractivity contribution in [2.24, 2.45) is 0 Å². The fraction of sp³-hybridized carbons (Fsp3) is 0.545. The molecule has 0 aliphatic rings. The highest BCUT2D eigenvalue weighted by Gasteiger charge is 2.00. The second kappa shape index (κ2) is 9.89. The molecule has 2 N–H and O–H groups in total. The van der Waals surface area contributed by atoms with E-state index < -0.39 is 0 Å². The minimum Gasteiger partial charge on any atom is -0.356 e. The van der Waals surface area contributed by atoms with Crippen molar-refractivity contribution in [3.05, 3.63) is 12.2 Å². The van der Waals surface area contributed by atoms with E-state index in [1.165, 1.54) is 0 Å². The molecular weight excluding hydrogens is 208 g/mol. The molecule has 0 aromatic carbocycles. The van der Waals surface area contributed by atoms with Crippen LogP contribution < -0.4 is 10.6 Å². The SMILES string of the molecule is CCCCNC(=O)CCNC(=O)/C=C\C=O. The van der Waals surface area contributed by atoms with Gasteiger partial charge >= 0.3 is 0 Å². The number of aldehydes is 1. The molecule has 0 bridgehead atoms. The van der Waals surface area contributed by atoms with Gasteiger partial charge in [0.1, 0.15) is 6.29 Å². The lowest BCUT2D eigenvalue weighted by molar-refractivity contribution is -0.121. The zero-order chi connectivity index (χ0) is 12.2. The summed E-state index contributed by atoms with van der Waals surface area (Å²) >= 11 is 0. The topological polar surface area (TPSA) is 75.3 Å². The van der Waals surface area contributed by atoms with Crippen molar-refractivity contribution in [3.63, 3.8) is 0 Å². The summed E-state index contributed by atoms with van der Waals surface area (Å²) in [7, 11) is 0. The Morgan fingerprint density at radius 2 is 1.94 bits per heavy atom. The zero-order valence-corrected chi connectivity index (χ0v) is 9.49. The molecule has 0 unspecified atom stereocenters. The number of rotatable bonds is 8. The first-order valence-electron chi connectivity index (χ1n) is 5.37. The Morgan fingerprint density at radius 3 is 2.56 bits per heavy atom. The monoisotopic (exact) mass is 226 g/mol. The third-order valence-electron chi connectivity index (χ3n) is 1.83. The van der Waals surface area contributed by atoms with Gasteiger partial charge in [0, 0.05) is 25.6 Å². The molecule has 0 aliphatic heterocycles. The van der Waals surface area contributed by atoms with E-state index in [1.54, 1.807) is 0 Å². The van der Waals surface area contributed by atoms with Gasteiger partial charge in [-0.1, -0.05) is 13.3 Å². The van der Waals surface area contributed by atoms with Crippen molar-refractivity contribution < 1.29 is 14.4 Å². The predicted molar refractivity (Wildman–Crippen MR) is 60.7 cm³/mol. The molecule has 16 heavy (non-hydrogen) atoms. The van der Waals surface area contributed by atoms with Crippen molar-refractivity contribution in [3.8, 4) is 0 Å². The van der Waals surface area contributed by atoms with Crippen molar-refractivity contribution in [2.45, 2.75) is 26.2 Å². The smallest absolute Gasteiger partial charge is 0.244 e. The average Bonchev–Trinajstić information content (AvgIpc) is 2.26. The van der Waals surface area contributed by atoms with Gasteiger partial charge in [0.15, 0.2) is 0 Å². The van der Waals surface area contributed by atoms with E-state index in [9.17, 15) is 14.4 Å². The highest BCUT2D eigenvalue weighted by Crippen LogP contribution is 1.84. The van der Waals surface area contributed by atoms with E-state index in [1.807, 2.05) is 6.92 Å². The summed E-state index contributed by atoms with van der Waals surface area (Å²) in [6.07, 6.45) is 5.01. The number of carbonyl (C=O) groups is 3. The van der Waals surface area contributed by atoms with E-state index >= 15 is 0 Å². The van der Waals surface area contributed by atoms with Crippen LogP contribution in [0.2, 0.25) is 0 Å². The van der Waals surface area contributed by atoms with Crippen LogP contribution in [0.4, 0.5) is 0 Å². The molecule has 0 fully saturated rings. The maximum absolute atomic E-state index is 11.2. The summed E-state index contributed by atoms with van der Waals surface area (Å²) in [5.41, 5.74) is 0.